The number of hydrogen-bond donors (Lipinski definition) is 0. The Kier molecular flexibility index (Phi) is 4.30. The summed E-state index contributed by atoms with van der Waals surface area (Å²) < 4.78 is 41.4. The van der Waals surface area contributed by atoms with Crippen molar-refractivity contribution in [3.8, 4) is 22.3 Å². The van der Waals surface area contributed by atoms with E-state index in [1.807, 2.05) is 18.2 Å². The van der Waals surface area contributed by atoms with Crippen LogP contribution < -0.4 is 5.56 Å². The second-order valence-electron chi connectivity index (χ2n) is 6.58. The molecule has 140 valence electrons. The number of halogens is 3. The van der Waals surface area contributed by atoms with E-state index < -0.39 is 11.7 Å². The fourth-order valence-electron chi connectivity index (χ4n) is 3.52. The van der Waals surface area contributed by atoms with Crippen LogP contribution in [0, 0.1) is 0 Å². The molecule has 0 N–H and O–H groups in total. The molecule has 2 nitrogen and oxygen atoms in total. The summed E-state index contributed by atoms with van der Waals surface area (Å²) >= 11 is 0. The fourth-order valence-corrected chi connectivity index (χ4v) is 3.52. The highest BCUT2D eigenvalue weighted by Gasteiger charge is 2.31. The minimum Gasteiger partial charge on any atom is -0.311 e. The first kappa shape index (κ1) is 18.0. The van der Waals surface area contributed by atoms with Crippen LogP contribution in [-0.2, 0) is 13.2 Å². The van der Waals surface area contributed by atoms with Gasteiger partial charge in [-0.2, -0.15) is 13.2 Å². The van der Waals surface area contributed by atoms with E-state index in [0.29, 0.717) is 27.8 Å². The molecule has 3 aromatic carbocycles. The highest BCUT2D eigenvalue weighted by molar-refractivity contribution is 6.02. The summed E-state index contributed by atoms with van der Waals surface area (Å²) in [6.45, 7) is 0. The lowest BCUT2D eigenvalue weighted by Gasteiger charge is -2.17. The molecule has 0 atom stereocenters. The molecule has 0 amide bonds. The summed E-state index contributed by atoms with van der Waals surface area (Å²) in [6, 6.07) is 21.4. The van der Waals surface area contributed by atoms with Gasteiger partial charge in [0.15, 0.2) is 0 Å². The standard InChI is InChI=1S/C23H16F3NO/c1-27-19-13-6-5-12-18(19)20(16-10-7-11-17(14-16)23(24,25)26)21(22(27)28)15-8-3-2-4-9-15/h2-14H,1H3. The van der Waals surface area contributed by atoms with Gasteiger partial charge in [-0.05, 0) is 29.3 Å². The molecule has 0 spiro atoms. The molecule has 0 radical (unpaired) electrons. The SMILES string of the molecule is Cn1c(=O)c(-c2ccccc2)c(-c2cccc(C(F)(F)F)c2)c2ccccc21. The average Bonchev–Trinajstić information content (AvgIpc) is 2.70. The van der Waals surface area contributed by atoms with Crippen LogP contribution >= 0.6 is 0 Å². The van der Waals surface area contributed by atoms with Gasteiger partial charge in [0.1, 0.15) is 0 Å². The summed E-state index contributed by atoms with van der Waals surface area (Å²) in [6.07, 6.45) is -4.46. The van der Waals surface area contributed by atoms with E-state index in [9.17, 15) is 18.0 Å². The second-order valence-corrected chi connectivity index (χ2v) is 6.58. The quantitative estimate of drug-likeness (QED) is 0.426. The molecule has 5 heteroatoms. The van der Waals surface area contributed by atoms with Crippen molar-refractivity contribution in [1.29, 1.82) is 0 Å². The van der Waals surface area contributed by atoms with E-state index in [1.165, 1.54) is 10.6 Å². The predicted octanol–water partition coefficient (Wildman–Crippen LogP) is 5.89. The zero-order valence-electron chi connectivity index (χ0n) is 15.0. The van der Waals surface area contributed by atoms with Crippen molar-refractivity contribution in [3.63, 3.8) is 0 Å². The van der Waals surface area contributed by atoms with E-state index in [4.69, 9.17) is 0 Å². The van der Waals surface area contributed by atoms with Gasteiger partial charge in [0, 0.05) is 18.0 Å². The Morgan fingerprint density at radius 3 is 2.11 bits per heavy atom. The van der Waals surface area contributed by atoms with E-state index in [0.717, 1.165) is 17.5 Å². The van der Waals surface area contributed by atoms with E-state index in [-0.39, 0.29) is 5.56 Å². The molecule has 1 heterocycles. The fraction of sp³-hybridized carbons (Fsp3) is 0.0870. The molecule has 0 unspecified atom stereocenters. The summed E-state index contributed by atoms with van der Waals surface area (Å²) in [5, 5.41) is 0.725. The van der Waals surface area contributed by atoms with Crippen molar-refractivity contribution in [2.75, 3.05) is 0 Å². The number of aromatic nitrogens is 1. The number of aryl methyl sites for hydroxylation is 1. The maximum absolute atomic E-state index is 13.3. The van der Waals surface area contributed by atoms with Gasteiger partial charge in [-0.1, -0.05) is 60.7 Å². The smallest absolute Gasteiger partial charge is 0.311 e. The molecule has 0 fully saturated rings. The lowest BCUT2D eigenvalue weighted by Crippen LogP contribution is -2.20. The number of nitrogens with zero attached hydrogens (tertiary/aromatic N) is 1. The summed E-state index contributed by atoms with van der Waals surface area (Å²) in [5.74, 6) is 0. The zero-order valence-corrected chi connectivity index (χ0v) is 15.0. The molecule has 0 saturated carbocycles. The molecular weight excluding hydrogens is 363 g/mol. The molecule has 0 saturated heterocycles. The molecule has 0 aliphatic heterocycles. The third-order valence-electron chi connectivity index (χ3n) is 4.84. The number of alkyl halides is 3. The Morgan fingerprint density at radius 2 is 1.39 bits per heavy atom. The zero-order chi connectivity index (χ0) is 19.9. The van der Waals surface area contributed by atoms with Crippen molar-refractivity contribution in [2.45, 2.75) is 6.18 Å². The molecule has 1 aromatic heterocycles. The van der Waals surface area contributed by atoms with Gasteiger partial charge in [0.05, 0.1) is 16.6 Å². The number of para-hydroxylation sites is 1. The van der Waals surface area contributed by atoms with Gasteiger partial charge in [0.25, 0.3) is 5.56 Å². The Morgan fingerprint density at radius 1 is 0.750 bits per heavy atom. The van der Waals surface area contributed by atoms with Gasteiger partial charge in [0.2, 0.25) is 0 Å². The van der Waals surface area contributed by atoms with Gasteiger partial charge in [-0.15, -0.1) is 0 Å². The highest BCUT2D eigenvalue weighted by atomic mass is 19.4. The summed E-state index contributed by atoms with van der Waals surface area (Å²) in [4.78, 5) is 13.2. The molecule has 0 bridgehead atoms. The van der Waals surface area contributed by atoms with E-state index in [1.54, 1.807) is 49.5 Å². The third-order valence-corrected chi connectivity index (χ3v) is 4.84. The van der Waals surface area contributed by atoms with Crippen LogP contribution in [0.25, 0.3) is 33.2 Å². The predicted molar refractivity (Wildman–Crippen MR) is 105 cm³/mol. The maximum Gasteiger partial charge on any atom is 0.416 e. The highest BCUT2D eigenvalue weighted by Crippen LogP contribution is 2.38. The maximum atomic E-state index is 13.3. The van der Waals surface area contributed by atoms with Gasteiger partial charge >= 0.3 is 6.18 Å². The number of hydrogen-bond acceptors (Lipinski definition) is 1. The van der Waals surface area contributed by atoms with Crippen molar-refractivity contribution in [2.24, 2.45) is 7.05 Å². The lowest BCUT2D eigenvalue weighted by atomic mass is 9.91. The van der Waals surface area contributed by atoms with Crippen molar-refractivity contribution in [1.82, 2.24) is 4.57 Å². The molecule has 0 aliphatic carbocycles. The summed E-state index contributed by atoms with van der Waals surface area (Å²) in [5.41, 5.74) is 1.60. The topological polar surface area (TPSA) is 22.0 Å². The first-order valence-corrected chi connectivity index (χ1v) is 8.72. The van der Waals surface area contributed by atoms with Crippen LogP contribution in [0.3, 0.4) is 0 Å². The van der Waals surface area contributed by atoms with Gasteiger partial charge in [-0.25, -0.2) is 0 Å². The molecule has 0 aliphatic rings. The van der Waals surface area contributed by atoms with Crippen LogP contribution in [0.5, 0.6) is 0 Å². The van der Waals surface area contributed by atoms with E-state index in [2.05, 4.69) is 0 Å². The normalized spacial score (nSPS) is 11.7. The van der Waals surface area contributed by atoms with Crippen molar-refractivity contribution < 1.29 is 13.2 Å². The van der Waals surface area contributed by atoms with Crippen LogP contribution in [0.15, 0.2) is 83.7 Å². The Balaban J connectivity index is 2.16. The minimum atomic E-state index is -4.46. The number of pyridine rings is 1. The largest absolute Gasteiger partial charge is 0.416 e. The number of benzene rings is 3. The van der Waals surface area contributed by atoms with Crippen LogP contribution in [0.2, 0.25) is 0 Å². The molecule has 4 rings (SSSR count). The molecule has 4 aromatic rings. The average molecular weight is 379 g/mol. The second kappa shape index (κ2) is 6.68. The van der Waals surface area contributed by atoms with E-state index >= 15 is 0 Å². The monoisotopic (exact) mass is 379 g/mol. The van der Waals surface area contributed by atoms with Crippen LogP contribution in [0.4, 0.5) is 13.2 Å². The first-order valence-electron chi connectivity index (χ1n) is 8.72. The van der Waals surface area contributed by atoms with Gasteiger partial charge < -0.3 is 4.57 Å². The molecular formula is C23H16F3NO. The Labute approximate surface area is 159 Å². The van der Waals surface area contributed by atoms with Crippen molar-refractivity contribution in [3.05, 3.63) is 94.8 Å². The lowest BCUT2D eigenvalue weighted by molar-refractivity contribution is -0.137. The summed E-state index contributed by atoms with van der Waals surface area (Å²) in [7, 11) is 1.67. The Hall–Kier alpha value is -3.34. The van der Waals surface area contributed by atoms with Crippen molar-refractivity contribution >= 4 is 10.9 Å². The number of rotatable bonds is 2. The third kappa shape index (κ3) is 2.99. The number of fused-ring (bicyclic) bond motifs is 1. The van der Waals surface area contributed by atoms with Gasteiger partial charge in [-0.3, -0.25) is 4.79 Å². The van der Waals surface area contributed by atoms with Crippen LogP contribution in [-0.4, -0.2) is 4.57 Å². The van der Waals surface area contributed by atoms with Crippen LogP contribution in [0.1, 0.15) is 5.56 Å². The first-order chi connectivity index (χ1) is 13.4. The molecule has 28 heavy (non-hydrogen) atoms. The Bertz CT molecular complexity index is 1220. The minimum absolute atomic E-state index is 0.252.